The fraction of sp³-hybridized carbons (Fsp3) is 0.400. The van der Waals surface area contributed by atoms with E-state index in [0.717, 1.165) is 10.6 Å². The summed E-state index contributed by atoms with van der Waals surface area (Å²) in [6, 6.07) is 0. The van der Waals surface area contributed by atoms with Crippen LogP contribution in [0.5, 0.6) is 0 Å². The third kappa shape index (κ3) is 1.66. The Balaban J connectivity index is 1.89. The number of rotatable bonds is 2. The van der Waals surface area contributed by atoms with Gasteiger partial charge >= 0.3 is 0 Å². The van der Waals surface area contributed by atoms with E-state index in [1.165, 1.54) is 35.6 Å². The molecule has 0 atom stereocenters. The topological polar surface area (TPSA) is 51.8 Å². The molecule has 3 nitrogen and oxygen atoms in total. The number of thiazole rings is 2. The Morgan fingerprint density at radius 2 is 2.27 bits per heavy atom. The van der Waals surface area contributed by atoms with Crippen LogP contribution in [0.1, 0.15) is 30.2 Å². The number of hydrogen-bond donors (Lipinski definition) is 1. The first-order valence-corrected chi connectivity index (χ1v) is 6.69. The SMILES string of the molecule is Nc1ncc(-c2csc(C3CCC3)n2)s1. The van der Waals surface area contributed by atoms with Gasteiger partial charge in [0.1, 0.15) is 0 Å². The van der Waals surface area contributed by atoms with E-state index >= 15 is 0 Å². The van der Waals surface area contributed by atoms with Crippen LogP contribution in [0.15, 0.2) is 11.6 Å². The molecule has 1 aliphatic carbocycles. The standard InChI is InChI=1S/C10H11N3S2/c11-10-12-4-8(15-10)7-5-14-9(13-7)6-2-1-3-6/h4-6H,1-3H2,(H2,11,12). The summed E-state index contributed by atoms with van der Waals surface area (Å²) < 4.78 is 0. The monoisotopic (exact) mass is 237 g/mol. The van der Waals surface area contributed by atoms with E-state index in [4.69, 9.17) is 5.73 Å². The van der Waals surface area contributed by atoms with Crippen molar-refractivity contribution in [2.45, 2.75) is 25.2 Å². The predicted octanol–water partition coefficient (Wildman–Crippen LogP) is 3.12. The largest absolute Gasteiger partial charge is 0.375 e. The first-order valence-electron chi connectivity index (χ1n) is 5.00. The average molecular weight is 237 g/mol. The summed E-state index contributed by atoms with van der Waals surface area (Å²) in [7, 11) is 0. The molecule has 78 valence electrons. The van der Waals surface area contributed by atoms with Crippen LogP contribution >= 0.6 is 22.7 Å². The van der Waals surface area contributed by atoms with Gasteiger partial charge in [0.15, 0.2) is 5.13 Å². The molecule has 1 aliphatic rings. The Kier molecular flexibility index (Phi) is 2.21. The van der Waals surface area contributed by atoms with Crippen LogP contribution in [0.25, 0.3) is 10.6 Å². The molecule has 0 saturated heterocycles. The van der Waals surface area contributed by atoms with E-state index in [9.17, 15) is 0 Å². The Labute approximate surface area is 96.0 Å². The van der Waals surface area contributed by atoms with Gasteiger partial charge in [-0.15, -0.1) is 11.3 Å². The van der Waals surface area contributed by atoms with Gasteiger partial charge in [-0.2, -0.15) is 0 Å². The summed E-state index contributed by atoms with van der Waals surface area (Å²) in [6.45, 7) is 0. The Morgan fingerprint density at radius 3 is 2.87 bits per heavy atom. The van der Waals surface area contributed by atoms with Crippen molar-refractivity contribution in [2.24, 2.45) is 0 Å². The molecule has 1 saturated carbocycles. The zero-order chi connectivity index (χ0) is 10.3. The summed E-state index contributed by atoms with van der Waals surface area (Å²) >= 11 is 3.27. The molecule has 2 heterocycles. The number of nitrogen functional groups attached to an aromatic ring is 1. The molecular formula is C10H11N3S2. The van der Waals surface area contributed by atoms with Gasteiger partial charge in [0, 0.05) is 17.5 Å². The molecule has 15 heavy (non-hydrogen) atoms. The summed E-state index contributed by atoms with van der Waals surface area (Å²) in [4.78, 5) is 9.77. The van der Waals surface area contributed by atoms with Gasteiger partial charge in [-0.25, -0.2) is 9.97 Å². The van der Waals surface area contributed by atoms with Crippen molar-refractivity contribution in [3.8, 4) is 10.6 Å². The highest BCUT2D eigenvalue weighted by Crippen LogP contribution is 2.39. The van der Waals surface area contributed by atoms with E-state index in [-0.39, 0.29) is 0 Å². The molecule has 0 bridgehead atoms. The smallest absolute Gasteiger partial charge is 0.180 e. The molecule has 0 spiro atoms. The highest BCUT2D eigenvalue weighted by atomic mass is 32.1. The maximum absolute atomic E-state index is 5.60. The molecule has 0 amide bonds. The summed E-state index contributed by atoms with van der Waals surface area (Å²) in [5, 5.41) is 4.01. The molecule has 2 aromatic heterocycles. The minimum Gasteiger partial charge on any atom is -0.375 e. The molecule has 0 aromatic carbocycles. The molecule has 3 rings (SSSR count). The third-order valence-corrected chi connectivity index (χ3v) is 4.61. The zero-order valence-corrected chi connectivity index (χ0v) is 9.77. The van der Waals surface area contributed by atoms with Crippen molar-refractivity contribution in [2.75, 3.05) is 5.73 Å². The second-order valence-electron chi connectivity index (χ2n) is 3.76. The van der Waals surface area contributed by atoms with Crippen LogP contribution < -0.4 is 5.73 Å². The van der Waals surface area contributed by atoms with E-state index in [1.807, 2.05) is 0 Å². The van der Waals surface area contributed by atoms with Crippen LogP contribution in [0.3, 0.4) is 0 Å². The van der Waals surface area contributed by atoms with Crippen molar-refractivity contribution in [3.05, 3.63) is 16.6 Å². The lowest BCUT2D eigenvalue weighted by atomic mass is 9.86. The van der Waals surface area contributed by atoms with Gasteiger partial charge in [0.25, 0.3) is 0 Å². The minimum atomic E-state index is 0.614. The van der Waals surface area contributed by atoms with Gasteiger partial charge in [0.2, 0.25) is 0 Å². The fourth-order valence-corrected chi connectivity index (χ4v) is 3.36. The molecule has 0 aliphatic heterocycles. The lowest BCUT2D eigenvalue weighted by Gasteiger charge is -2.22. The van der Waals surface area contributed by atoms with Crippen LogP contribution in [0.4, 0.5) is 5.13 Å². The highest BCUT2D eigenvalue weighted by Gasteiger charge is 2.22. The van der Waals surface area contributed by atoms with E-state index < -0.39 is 0 Å². The normalized spacial score (nSPS) is 16.5. The number of aromatic nitrogens is 2. The Hall–Kier alpha value is -0.940. The predicted molar refractivity (Wildman–Crippen MR) is 64.2 cm³/mol. The van der Waals surface area contributed by atoms with Gasteiger partial charge in [-0.1, -0.05) is 17.8 Å². The molecule has 0 unspecified atom stereocenters. The van der Waals surface area contributed by atoms with Crippen LogP contribution in [-0.2, 0) is 0 Å². The maximum atomic E-state index is 5.60. The third-order valence-electron chi connectivity index (χ3n) is 2.75. The Bertz CT molecular complexity index is 470. The second-order valence-corrected chi connectivity index (χ2v) is 5.71. The number of nitrogens with two attached hydrogens (primary N) is 1. The summed E-state index contributed by atoms with van der Waals surface area (Å²) in [5.41, 5.74) is 6.64. The first kappa shape index (κ1) is 9.30. The summed E-state index contributed by atoms with van der Waals surface area (Å²) in [6.07, 6.45) is 5.77. The van der Waals surface area contributed by atoms with Crippen molar-refractivity contribution >= 4 is 27.8 Å². The van der Waals surface area contributed by atoms with Gasteiger partial charge in [-0.05, 0) is 12.8 Å². The van der Waals surface area contributed by atoms with Gasteiger partial charge in [-0.3, -0.25) is 0 Å². The quantitative estimate of drug-likeness (QED) is 0.873. The molecule has 2 N–H and O–H groups in total. The van der Waals surface area contributed by atoms with E-state index in [1.54, 1.807) is 17.5 Å². The van der Waals surface area contributed by atoms with Crippen LogP contribution in [-0.4, -0.2) is 9.97 Å². The maximum Gasteiger partial charge on any atom is 0.180 e. The highest BCUT2D eigenvalue weighted by molar-refractivity contribution is 7.19. The molecular weight excluding hydrogens is 226 g/mol. The van der Waals surface area contributed by atoms with Crippen molar-refractivity contribution < 1.29 is 0 Å². The Morgan fingerprint density at radius 1 is 1.40 bits per heavy atom. The van der Waals surface area contributed by atoms with Crippen molar-refractivity contribution in [3.63, 3.8) is 0 Å². The van der Waals surface area contributed by atoms with Crippen LogP contribution in [0, 0.1) is 0 Å². The van der Waals surface area contributed by atoms with Gasteiger partial charge < -0.3 is 5.73 Å². The van der Waals surface area contributed by atoms with Crippen molar-refractivity contribution in [1.82, 2.24) is 9.97 Å². The van der Waals surface area contributed by atoms with Crippen molar-refractivity contribution in [1.29, 1.82) is 0 Å². The number of hydrogen-bond acceptors (Lipinski definition) is 5. The molecule has 5 heteroatoms. The lowest BCUT2D eigenvalue weighted by molar-refractivity contribution is 0.418. The van der Waals surface area contributed by atoms with Crippen LogP contribution in [0.2, 0.25) is 0 Å². The van der Waals surface area contributed by atoms with E-state index in [2.05, 4.69) is 15.3 Å². The molecule has 1 fully saturated rings. The first-order chi connectivity index (χ1) is 7.33. The van der Waals surface area contributed by atoms with Gasteiger partial charge in [0.05, 0.1) is 15.6 Å². The zero-order valence-electron chi connectivity index (χ0n) is 8.14. The fourth-order valence-electron chi connectivity index (χ4n) is 1.65. The summed E-state index contributed by atoms with van der Waals surface area (Å²) in [5.74, 6) is 0.717. The second kappa shape index (κ2) is 3.57. The molecule has 2 aromatic rings. The minimum absolute atomic E-state index is 0.614. The lowest BCUT2D eigenvalue weighted by Crippen LogP contribution is -2.07. The molecule has 0 radical (unpaired) electrons. The number of anilines is 1. The van der Waals surface area contributed by atoms with E-state index in [0.29, 0.717) is 11.0 Å². The average Bonchev–Trinajstić information content (AvgIpc) is 2.70. The number of nitrogens with zero attached hydrogens (tertiary/aromatic N) is 2.